The predicted octanol–water partition coefficient (Wildman–Crippen LogP) is 2.04. The van der Waals surface area contributed by atoms with Crippen molar-refractivity contribution < 1.29 is 4.79 Å². The van der Waals surface area contributed by atoms with Gasteiger partial charge in [-0.15, -0.1) is 0 Å². The number of para-hydroxylation sites is 1. The number of carbonyl (C=O) groups excluding carboxylic acids is 1. The summed E-state index contributed by atoms with van der Waals surface area (Å²) in [7, 11) is 0. The highest BCUT2D eigenvalue weighted by molar-refractivity contribution is 5.82. The number of nitrogens with one attached hydrogen (secondary N) is 1. The van der Waals surface area contributed by atoms with Crippen molar-refractivity contribution in [3.8, 4) is 0 Å². The SMILES string of the molecule is O=C(C1CCCN1)N1CCC(CN2CCc3ccccc32)CC1. The van der Waals surface area contributed by atoms with Crippen LogP contribution >= 0.6 is 0 Å². The van der Waals surface area contributed by atoms with E-state index in [0.29, 0.717) is 5.91 Å². The molecule has 0 bridgehead atoms. The molecule has 1 aromatic carbocycles. The van der Waals surface area contributed by atoms with E-state index in [9.17, 15) is 4.79 Å². The van der Waals surface area contributed by atoms with Gasteiger partial charge in [-0.25, -0.2) is 0 Å². The van der Waals surface area contributed by atoms with Crippen molar-refractivity contribution in [3.63, 3.8) is 0 Å². The Bertz CT molecular complexity index is 559. The van der Waals surface area contributed by atoms with Crippen LogP contribution in [0.3, 0.4) is 0 Å². The van der Waals surface area contributed by atoms with Gasteiger partial charge in [-0.2, -0.15) is 0 Å². The molecule has 3 aliphatic heterocycles. The van der Waals surface area contributed by atoms with E-state index >= 15 is 0 Å². The first-order valence-electron chi connectivity index (χ1n) is 9.16. The Morgan fingerprint density at radius 3 is 2.74 bits per heavy atom. The third-order valence-corrected chi connectivity index (χ3v) is 5.75. The topological polar surface area (TPSA) is 35.6 Å². The van der Waals surface area contributed by atoms with E-state index in [4.69, 9.17) is 0 Å². The van der Waals surface area contributed by atoms with Gasteiger partial charge in [0.15, 0.2) is 0 Å². The van der Waals surface area contributed by atoms with Gasteiger partial charge < -0.3 is 15.1 Å². The Hall–Kier alpha value is -1.55. The minimum absolute atomic E-state index is 0.0945. The quantitative estimate of drug-likeness (QED) is 0.927. The first kappa shape index (κ1) is 15.0. The summed E-state index contributed by atoms with van der Waals surface area (Å²) in [6, 6.07) is 8.89. The lowest BCUT2D eigenvalue weighted by Gasteiger charge is -2.35. The number of likely N-dealkylation sites (tertiary alicyclic amines) is 1. The number of hydrogen-bond donors (Lipinski definition) is 1. The second kappa shape index (κ2) is 6.52. The molecule has 0 aliphatic carbocycles. The number of amides is 1. The van der Waals surface area contributed by atoms with Crippen molar-refractivity contribution in [1.29, 1.82) is 0 Å². The molecule has 4 nitrogen and oxygen atoms in total. The minimum Gasteiger partial charge on any atom is -0.371 e. The normalized spacial score (nSPS) is 25.0. The van der Waals surface area contributed by atoms with E-state index in [2.05, 4.69) is 39.4 Å². The molecular weight excluding hydrogens is 286 g/mol. The molecule has 4 rings (SSSR count). The largest absolute Gasteiger partial charge is 0.371 e. The molecule has 0 aromatic heterocycles. The summed E-state index contributed by atoms with van der Waals surface area (Å²) in [5.74, 6) is 1.06. The van der Waals surface area contributed by atoms with E-state index in [1.807, 2.05) is 0 Å². The average Bonchev–Trinajstić information content (AvgIpc) is 3.25. The van der Waals surface area contributed by atoms with Crippen molar-refractivity contribution in [2.75, 3.05) is 37.6 Å². The summed E-state index contributed by atoms with van der Waals surface area (Å²) in [5, 5.41) is 3.34. The van der Waals surface area contributed by atoms with Gasteiger partial charge >= 0.3 is 0 Å². The molecule has 1 aromatic rings. The zero-order chi connectivity index (χ0) is 15.6. The smallest absolute Gasteiger partial charge is 0.239 e. The van der Waals surface area contributed by atoms with E-state index in [1.165, 1.54) is 17.7 Å². The Morgan fingerprint density at radius 2 is 1.96 bits per heavy atom. The van der Waals surface area contributed by atoms with Gasteiger partial charge in [0.25, 0.3) is 0 Å². The van der Waals surface area contributed by atoms with Crippen LogP contribution < -0.4 is 10.2 Å². The molecule has 0 spiro atoms. The van der Waals surface area contributed by atoms with Crippen LogP contribution in [-0.2, 0) is 11.2 Å². The number of rotatable bonds is 3. The minimum atomic E-state index is 0.0945. The Labute approximate surface area is 138 Å². The second-order valence-electron chi connectivity index (χ2n) is 7.24. The highest BCUT2D eigenvalue weighted by Crippen LogP contribution is 2.30. The maximum atomic E-state index is 12.5. The first-order valence-corrected chi connectivity index (χ1v) is 9.16. The highest BCUT2D eigenvalue weighted by Gasteiger charge is 2.31. The molecule has 1 atom stereocenters. The van der Waals surface area contributed by atoms with Crippen molar-refractivity contribution in [2.45, 2.75) is 38.1 Å². The van der Waals surface area contributed by atoms with Gasteiger partial charge in [0.1, 0.15) is 0 Å². The van der Waals surface area contributed by atoms with Crippen LogP contribution in [0.15, 0.2) is 24.3 Å². The van der Waals surface area contributed by atoms with Crippen LogP contribution in [0.25, 0.3) is 0 Å². The highest BCUT2D eigenvalue weighted by atomic mass is 16.2. The summed E-state index contributed by atoms with van der Waals surface area (Å²) >= 11 is 0. The molecule has 0 radical (unpaired) electrons. The summed E-state index contributed by atoms with van der Waals surface area (Å²) in [4.78, 5) is 17.1. The van der Waals surface area contributed by atoms with Gasteiger partial charge in [0.2, 0.25) is 5.91 Å². The van der Waals surface area contributed by atoms with Gasteiger partial charge in [-0.1, -0.05) is 18.2 Å². The fourth-order valence-electron chi connectivity index (χ4n) is 4.36. The average molecular weight is 313 g/mol. The maximum absolute atomic E-state index is 12.5. The molecular formula is C19H27N3O. The number of piperidine rings is 1. The zero-order valence-corrected chi connectivity index (χ0v) is 13.8. The second-order valence-corrected chi connectivity index (χ2v) is 7.24. The summed E-state index contributed by atoms with van der Waals surface area (Å²) in [6.45, 7) is 5.20. The Morgan fingerprint density at radius 1 is 1.13 bits per heavy atom. The third kappa shape index (κ3) is 3.09. The van der Waals surface area contributed by atoms with Gasteiger partial charge in [0, 0.05) is 31.9 Å². The number of anilines is 1. The van der Waals surface area contributed by atoms with Gasteiger partial charge in [0.05, 0.1) is 6.04 Å². The maximum Gasteiger partial charge on any atom is 0.239 e. The van der Waals surface area contributed by atoms with Crippen molar-refractivity contribution in [1.82, 2.24) is 10.2 Å². The number of nitrogens with zero attached hydrogens (tertiary/aromatic N) is 2. The monoisotopic (exact) mass is 313 g/mol. The third-order valence-electron chi connectivity index (χ3n) is 5.75. The van der Waals surface area contributed by atoms with E-state index < -0.39 is 0 Å². The fourth-order valence-corrected chi connectivity index (χ4v) is 4.36. The molecule has 1 unspecified atom stereocenters. The van der Waals surface area contributed by atoms with E-state index in [0.717, 1.165) is 64.3 Å². The zero-order valence-electron chi connectivity index (χ0n) is 13.8. The van der Waals surface area contributed by atoms with Crippen molar-refractivity contribution in [2.24, 2.45) is 5.92 Å². The van der Waals surface area contributed by atoms with Crippen LogP contribution in [0.2, 0.25) is 0 Å². The standard InChI is InChI=1S/C19H27N3O/c23-19(17-5-3-10-20-17)21-11-7-15(8-12-21)14-22-13-9-16-4-1-2-6-18(16)22/h1-2,4,6,15,17,20H,3,5,7-14H2. The molecule has 124 valence electrons. The summed E-state index contributed by atoms with van der Waals surface area (Å²) in [5.41, 5.74) is 2.92. The fraction of sp³-hybridized carbons (Fsp3) is 0.632. The van der Waals surface area contributed by atoms with Crippen LogP contribution in [0.4, 0.5) is 5.69 Å². The van der Waals surface area contributed by atoms with Crippen LogP contribution in [0, 0.1) is 5.92 Å². The molecule has 1 N–H and O–H groups in total. The van der Waals surface area contributed by atoms with Crippen molar-refractivity contribution in [3.05, 3.63) is 29.8 Å². The van der Waals surface area contributed by atoms with Crippen LogP contribution in [0.1, 0.15) is 31.2 Å². The van der Waals surface area contributed by atoms with Crippen LogP contribution in [-0.4, -0.2) is 49.6 Å². The number of carbonyl (C=O) groups is 1. The molecule has 1 amide bonds. The lowest BCUT2D eigenvalue weighted by molar-refractivity contribution is -0.134. The Balaban J connectivity index is 1.30. The molecule has 0 saturated carbocycles. The number of benzene rings is 1. The van der Waals surface area contributed by atoms with E-state index in [-0.39, 0.29) is 6.04 Å². The number of fused-ring (bicyclic) bond motifs is 1. The summed E-state index contributed by atoms with van der Waals surface area (Å²) in [6.07, 6.45) is 5.64. The molecule has 4 heteroatoms. The van der Waals surface area contributed by atoms with Crippen molar-refractivity contribution >= 4 is 11.6 Å². The summed E-state index contributed by atoms with van der Waals surface area (Å²) < 4.78 is 0. The lowest BCUT2D eigenvalue weighted by Crippen LogP contribution is -2.48. The van der Waals surface area contributed by atoms with Crippen LogP contribution in [0.5, 0.6) is 0 Å². The first-order chi connectivity index (χ1) is 11.3. The van der Waals surface area contributed by atoms with Gasteiger partial charge in [-0.05, 0) is 56.2 Å². The predicted molar refractivity (Wildman–Crippen MR) is 92.7 cm³/mol. The molecule has 2 saturated heterocycles. The van der Waals surface area contributed by atoms with Gasteiger partial charge in [-0.3, -0.25) is 4.79 Å². The molecule has 3 heterocycles. The molecule has 23 heavy (non-hydrogen) atoms. The molecule has 2 fully saturated rings. The lowest BCUT2D eigenvalue weighted by atomic mass is 9.95. The van der Waals surface area contributed by atoms with E-state index in [1.54, 1.807) is 0 Å². The number of hydrogen-bond acceptors (Lipinski definition) is 3. The Kier molecular flexibility index (Phi) is 4.25. The molecule has 3 aliphatic rings.